The lowest BCUT2D eigenvalue weighted by Crippen LogP contribution is -2.33. The fraction of sp³-hybridized carbons (Fsp3) is 0.241. The number of Topliss-reactive ketones (excluding diaryl/α,β-unsaturated/α-hetero) is 2. The molecular formula is C29H28N2O3. The van der Waals surface area contributed by atoms with E-state index in [0.717, 1.165) is 30.0 Å². The van der Waals surface area contributed by atoms with E-state index >= 15 is 0 Å². The van der Waals surface area contributed by atoms with Crippen LogP contribution in [-0.4, -0.2) is 39.6 Å². The summed E-state index contributed by atoms with van der Waals surface area (Å²) in [5.41, 5.74) is 3.27. The molecule has 1 heterocycles. The normalized spacial score (nSPS) is 18.6. The van der Waals surface area contributed by atoms with Crippen molar-refractivity contribution < 1.29 is 14.7 Å². The number of para-hydroxylation sites is 1. The number of phenolic OH excluding ortho intramolecular Hbond substituents is 1. The molecule has 0 radical (unpaired) electrons. The van der Waals surface area contributed by atoms with Gasteiger partial charge in [0.25, 0.3) is 0 Å². The molecule has 3 aromatic rings. The number of carbonyl (C=O) groups excluding carboxylic acids is 2. The summed E-state index contributed by atoms with van der Waals surface area (Å²) < 4.78 is 0. The second kappa shape index (κ2) is 9.56. The van der Waals surface area contributed by atoms with E-state index in [4.69, 9.17) is 0 Å². The first-order chi connectivity index (χ1) is 16.6. The number of hydrogen-bond acceptors (Lipinski definition) is 5. The van der Waals surface area contributed by atoms with Crippen LogP contribution in [0.3, 0.4) is 0 Å². The summed E-state index contributed by atoms with van der Waals surface area (Å²) in [6.45, 7) is 2.80. The van der Waals surface area contributed by atoms with Gasteiger partial charge in [-0.2, -0.15) is 0 Å². The maximum atomic E-state index is 13.5. The van der Waals surface area contributed by atoms with Crippen molar-refractivity contribution in [2.24, 2.45) is 0 Å². The van der Waals surface area contributed by atoms with Gasteiger partial charge in [0.1, 0.15) is 17.1 Å². The van der Waals surface area contributed by atoms with Crippen molar-refractivity contribution in [3.8, 4) is 5.75 Å². The minimum Gasteiger partial charge on any atom is -0.508 e. The Labute approximate surface area is 199 Å². The molecule has 5 nitrogen and oxygen atoms in total. The maximum Gasteiger partial charge on any atom is 0.170 e. The molecule has 5 heteroatoms. The minimum absolute atomic E-state index is 0.140. The van der Waals surface area contributed by atoms with Gasteiger partial charge in [0.2, 0.25) is 0 Å². The second-order valence-corrected chi connectivity index (χ2v) is 9.02. The molecule has 1 saturated heterocycles. The smallest absolute Gasteiger partial charge is 0.170 e. The van der Waals surface area contributed by atoms with E-state index in [1.807, 2.05) is 42.5 Å². The molecule has 0 unspecified atom stereocenters. The number of carbonyl (C=O) groups is 2. The summed E-state index contributed by atoms with van der Waals surface area (Å²) in [5, 5.41) is 10.3. The zero-order valence-corrected chi connectivity index (χ0v) is 19.1. The molecular weight excluding hydrogens is 424 g/mol. The third-order valence-electron chi connectivity index (χ3n) is 6.69. The zero-order valence-electron chi connectivity index (χ0n) is 19.1. The Bertz CT molecular complexity index is 1150. The van der Waals surface area contributed by atoms with E-state index in [9.17, 15) is 14.7 Å². The fourth-order valence-corrected chi connectivity index (χ4v) is 5.07. The van der Waals surface area contributed by atoms with Crippen LogP contribution < -0.4 is 0 Å². The molecule has 0 aromatic heterocycles. The fourth-order valence-electron chi connectivity index (χ4n) is 5.07. The molecule has 0 amide bonds. The Morgan fingerprint density at radius 1 is 0.676 bits per heavy atom. The van der Waals surface area contributed by atoms with E-state index < -0.39 is 0 Å². The summed E-state index contributed by atoms with van der Waals surface area (Å²) in [5.74, 6) is 0.312. The number of allylic oxidation sites excluding steroid dienone is 1. The molecule has 0 bridgehead atoms. The summed E-state index contributed by atoms with van der Waals surface area (Å²) in [6.07, 6.45) is 0.445. The molecule has 1 N–H and O–H groups in total. The predicted molar refractivity (Wildman–Crippen MR) is 131 cm³/mol. The molecule has 34 heavy (non-hydrogen) atoms. The molecule has 0 spiro atoms. The van der Waals surface area contributed by atoms with Crippen LogP contribution in [-0.2, 0) is 22.7 Å². The van der Waals surface area contributed by atoms with Crippen LogP contribution in [0.5, 0.6) is 5.75 Å². The Balaban J connectivity index is 1.49. The van der Waals surface area contributed by atoms with Gasteiger partial charge < -0.3 is 14.9 Å². The van der Waals surface area contributed by atoms with Crippen LogP contribution in [0, 0.1) is 0 Å². The average molecular weight is 453 g/mol. The van der Waals surface area contributed by atoms with Gasteiger partial charge in [0.15, 0.2) is 11.6 Å². The van der Waals surface area contributed by atoms with Crippen LogP contribution in [0.25, 0.3) is 0 Å². The molecule has 172 valence electrons. The van der Waals surface area contributed by atoms with Crippen LogP contribution in [0.1, 0.15) is 35.4 Å². The molecule has 1 aliphatic heterocycles. The van der Waals surface area contributed by atoms with Gasteiger partial charge in [-0.15, -0.1) is 0 Å². The highest BCUT2D eigenvalue weighted by Crippen LogP contribution is 2.38. The topological polar surface area (TPSA) is 60.9 Å². The second-order valence-electron chi connectivity index (χ2n) is 9.02. The zero-order chi connectivity index (χ0) is 23.5. The Morgan fingerprint density at radius 2 is 1.15 bits per heavy atom. The first-order valence-electron chi connectivity index (χ1n) is 11.8. The van der Waals surface area contributed by atoms with E-state index in [1.165, 1.54) is 0 Å². The Morgan fingerprint density at radius 3 is 1.65 bits per heavy atom. The Kier molecular flexibility index (Phi) is 6.17. The van der Waals surface area contributed by atoms with Crippen LogP contribution >= 0.6 is 0 Å². The highest BCUT2D eigenvalue weighted by atomic mass is 16.3. The third-order valence-corrected chi connectivity index (χ3v) is 6.69. The van der Waals surface area contributed by atoms with Gasteiger partial charge in [0, 0.05) is 44.9 Å². The Hall–Kier alpha value is -3.86. The number of hydrogen-bond donors (Lipinski definition) is 1. The van der Waals surface area contributed by atoms with E-state index in [0.29, 0.717) is 24.2 Å². The highest BCUT2D eigenvalue weighted by Gasteiger charge is 2.39. The standard InChI is InChI=1S/C29H28N2O3/c32-25-14-8-7-13-24(25)23-17-26(33)28(27(34)18-23)29-30(19-21-9-3-1-4-10-21)15-16-31(29)20-22-11-5-2-6-12-22/h1-14,23,32H,15-20H2. The predicted octanol–water partition coefficient (Wildman–Crippen LogP) is 4.64. The van der Waals surface area contributed by atoms with Crippen LogP contribution in [0.2, 0.25) is 0 Å². The number of nitrogens with zero attached hydrogens (tertiary/aromatic N) is 2. The van der Waals surface area contributed by atoms with E-state index in [1.54, 1.807) is 18.2 Å². The van der Waals surface area contributed by atoms with E-state index in [-0.39, 0.29) is 36.1 Å². The molecule has 2 fully saturated rings. The summed E-state index contributed by atoms with van der Waals surface area (Å²) in [7, 11) is 0. The van der Waals surface area contributed by atoms with Crippen molar-refractivity contribution in [3.63, 3.8) is 0 Å². The first-order valence-corrected chi connectivity index (χ1v) is 11.8. The lowest BCUT2D eigenvalue weighted by Gasteiger charge is -2.31. The van der Waals surface area contributed by atoms with Gasteiger partial charge in [-0.05, 0) is 22.8 Å². The lowest BCUT2D eigenvalue weighted by molar-refractivity contribution is -0.124. The van der Waals surface area contributed by atoms with Gasteiger partial charge in [-0.3, -0.25) is 9.59 Å². The molecule has 1 saturated carbocycles. The molecule has 5 rings (SSSR count). The number of aromatic hydroxyl groups is 1. The SMILES string of the molecule is O=C1CC(c2ccccc2O)CC(=O)C1=C1N(Cc2ccccc2)CCN1Cc1ccccc1. The number of rotatable bonds is 5. The van der Waals surface area contributed by atoms with Gasteiger partial charge in [0.05, 0.1) is 0 Å². The first kappa shape index (κ1) is 22.0. The summed E-state index contributed by atoms with van der Waals surface area (Å²) in [6, 6.07) is 27.3. The third kappa shape index (κ3) is 4.46. The number of ketones is 2. The van der Waals surface area contributed by atoms with E-state index in [2.05, 4.69) is 34.1 Å². The summed E-state index contributed by atoms with van der Waals surface area (Å²) >= 11 is 0. The largest absolute Gasteiger partial charge is 0.508 e. The van der Waals surface area contributed by atoms with Crippen molar-refractivity contribution in [2.45, 2.75) is 31.8 Å². The van der Waals surface area contributed by atoms with Crippen molar-refractivity contribution in [2.75, 3.05) is 13.1 Å². The van der Waals surface area contributed by atoms with Crippen LogP contribution in [0.4, 0.5) is 0 Å². The van der Waals surface area contributed by atoms with Crippen molar-refractivity contribution in [1.82, 2.24) is 9.80 Å². The maximum absolute atomic E-state index is 13.5. The van der Waals surface area contributed by atoms with Gasteiger partial charge in [-0.1, -0.05) is 78.9 Å². The molecule has 1 aliphatic carbocycles. The summed E-state index contributed by atoms with van der Waals surface area (Å²) in [4.78, 5) is 31.3. The lowest BCUT2D eigenvalue weighted by atomic mass is 9.79. The van der Waals surface area contributed by atoms with Crippen molar-refractivity contribution >= 4 is 11.6 Å². The highest BCUT2D eigenvalue weighted by molar-refractivity contribution is 6.22. The quantitative estimate of drug-likeness (QED) is 0.452. The van der Waals surface area contributed by atoms with Crippen molar-refractivity contribution in [1.29, 1.82) is 0 Å². The number of benzene rings is 3. The number of phenols is 1. The van der Waals surface area contributed by atoms with Crippen LogP contribution in [0.15, 0.2) is 96.3 Å². The van der Waals surface area contributed by atoms with Gasteiger partial charge >= 0.3 is 0 Å². The molecule has 3 aromatic carbocycles. The van der Waals surface area contributed by atoms with Gasteiger partial charge in [-0.25, -0.2) is 0 Å². The minimum atomic E-state index is -0.294. The molecule has 2 aliphatic rings. The monoisotopic (exact) mass is 452 g/mol. The van der Waals surface area contributed by atoms with Crippen molar-refractivity contribution in [3.05, 3.63) is 113 Å². The molecule has 0 atom stereocenters. The average Bonchev–Trinajstić information content (AvgIpc) is 3.21.